The standard InChI is InChI=1S/C14H22N4O2/c1-14(2,3)20-13(19)18-7-5-11-10(9-18)8-16-12(17-11)4-6-15/h8H,4-7,9,15H2,1-3H3. The van der Waals surface area contributed by atoms with Crippen LogP contribution in [0, 0.1) is 0 Å². The molecule has 6 nitrogen and oxygen atoms in total. The van der Waals surface area contributed by atoms with E-state index < -0.39 is 5.60 Å². The van der Waals surface area contributed by atoms with E-state index in [0.29, 0.717) is 26.1 Å². The molecule has 110 valence electrons. The van der Waals surface area contributed by atoms with Crippen molar-refractivity contribution in [2.24, 2.45) is 5.73 Å². The van der Waals surface area contributed by atoms with Crippen molar-refractivity contribution in [3.8, 4) is 0 Å². The molecule has 2 heterocycles. The molecule has 0 aliphatic carbocycles. The van der Waals surface area contributed by atoms with E-state index in [1.54, 1.807) is 11.1 Å². The van der Waals surface area contributed by atoms with Crippen molar-refractivity contribution >= 4 is 6.09 Å². The number of rotatable bonds is 2. The maximum atomic E-state index is 12.0. The highest BCUT2D eigenvalue weighted by molar-refractivity contribution is 5.68. The minimum Gasteiger partial charge on any atom is -0.444 e. The molecular weight excluding hydrogens is 256 g/mol. The summed E-state index contributed by atoms with van der Waals surface area (Å²) in [7, 11) is 0. The zero-order valence-electron chi connectivity index (χ0n) is 12.3. The molecule has 2 rings (SSSR count). The fourth-order valence-corrected chi connectivity index (χ4v) is 2.09. The Labute approximate surface area is 119 Å². The molecule has 20 heavy (non-hydrogen) atoms. The fourth-order valence-electron chi connectivity index (χ4n) is 2.09. The number of hydrogen-bond acceptors (Lipinski definition) is 5. The highest BCUT2D eigenvalue weighted by atomic mass is 16.6. The summed E-state index contributed by atoms with van der Waals surface area (Å²) in [6, 6.07) is 0. The lowest BCUT2D eigenvalue weighted by molar-refractivity contribution is 0.0222. The Morgan fingerprint density at radius 1 is 1.50 bits per heavy atom. The van der Waals surface area contributed by atoms with Crippen molar-refractivity contribution in [3.63, 3.8) is 0 Å². The number of nitrogens with zero attached hydrogens (tertiary/aromatic N) is 3. The molecular formula is C14H22N4O2. The summed E-state index contributed by atoms with van der Waals surface area (Å²) >= 11 is 0. The number of amides is 1. The summed E-state index contributed by atoms with van der Waals surface area (Å²) in [5.74, 6) is 0.775. The Morgan fingerprint density at radius 3 is 2.90 bits per heavy atom. The Morgan fingerprint density at radius 2 is 2.25 bits per heavy atom. The Kier molecular flexibility index (Phi) is 4.23. The second kappa shape index (κ2) is 5.75. The zero-order chi connectivity index (χ0) is 14.8. The van der Waals surface area contributed by atoms with E-state index in [2.05, 4.69) is 9.97 Å². The van der Waals surface area contributed by atoms with Crippen molar-refractivity contribution in [2.45, 2.75) is 45.8 Å². The van der Waals surface area contributed by atoms with Gasteiger partial charge < -0.3 is 15.4 Å². The van der Waals surface area contributed by atoms with E-state index >= 15 is 0 Å². The first-order chi connectivity index (χ1) is 9.39. The first-order valence-electron chi connectivity index (χ1n) is 6.91. The van der Waals surface area contributed by atoms with Crippen molar-refractivity contribution in [3.05, 3.63) is 23.3 Å². The Balaban J connectivity index is 2.06. The Hall–Kier alpha value is -1.69. The van der Waals surface area contributed by atoms with Gasteiger partial charge in [0.05, 0.1) is 12.2 Å². The van der Waals surface area contributed by atoms with Gasteiger partial charge in [0.25, 0.3) is 0 Å². The highest BCUT2D eigenvalue weighted by Crippen LogP contribution is 2.19. The lowest BCUT2D eigenvalue weighted by Gasteiger charge is -2.30. The minimum absolute atomic E-state index is 0.283. The number of fused-ring (bicyclic) bond motifs is 1. The first kappa shape index (κ1) is 14.7. The first-order valence-corrected chi connectivity index (χ1v) is 6.91. The monoisotopic (exact) mass is 278 g/mol. The van der Waals surface area contributed by atoms with E-state index in [0.717, 1.165) is 23.5 Å². The van der Waals surface area contributed by atoms with Crippen LogP contribution in [0.3, 0.4) is 0 Å². The molecule has 0 bridgehead atoms. The molecule has 0 saturated heterocycles. The third-order valence-electron chi connectivity index (χ3n) is 3.00. The van der Waals surface area contributed by atoms with Crippen LogP contribution in [-0.2, 0) is 24.1 Å². The van der Waals surface area contributed by atoms with Crippen molar-refractivity contribution in [1.29, 1.82) is 0 Å². The summed E-state index contributed by atoms with van der Waals surface area (Å²) in [6.45, 7) is 7.28. The fraction of sp³-hybridized carbons (Fsp3) is 0.643. The molecule has 0 atom stereocenters. The number of carbonyl (C=O) groups is 1. The van der Waals surface area contributed by atoms with E-state index in [1.807, 2.05) is 20.8 Å². The third kappa shape index (κ3) is 3.66. The number of nitrogens with two attached hydrogens (primary N) is 1. The highest BCUT2D eigenvalue weighted by Gasteiger charge is 2.26. The quantitative estimate of drug-likeness (QED) is 0.881. The van der Waals surface area contributed by atoms with Crippen molar-refractivity contribution < 1.29 is 9.53 Å². The van der Waals surface area contributed by atoms with Gasteiger partial charge in [0, 0.05) is 31.1 Å². The van der Waals surface area contributed by atoms with Crippen molar-refractivity contribution in [1.82, 2.24) is 14.9 Å². The molecule has 0 radical (unpaired) electrons. The van der Waals surface area contributed by atoms with Gasteiger partial charge >= 0.3 is 6.09 Å². The van der Waals surface area contributed by atoms with Gasteiger partial charge in [-0.25, -0.2) is 14.8 Å². The average molecular weight is 278 g/mol. The van der Waals surface area contributed by atoms with Crippen LogP contribution in [-0.4, -0.2) is 39.7 Å². The molecule has 0 aromatic carbocycles. The van der Waals surface area contributed by atoms with E-state index in [1.165, 1.54) is 0 Å². The average Bonchev–Trinajstić information content (AvgIpc) is 2.36. The molecule has 1 aliphatic heterocycles. The molecule has 0 unspecified atom stereocenters. The molecule has 6 heteroatoms. The van der Waals surface area contributed by atoms with Crippen LogP contribution < -0.4 is 5.73 Å². The smallest absolute Gasteiger partial charge is 0.410 e. The number of ether oxygens (including phenoxy) is 1. The second-order valence-electron chi connectivity index (χ2n) is 5.95. The molecule has 0 saturated carbocycles. The number of aromatic nitrogens is 2. The van der Waals surface area contributed by atoms with Gasteiger partial charge in [0.15, 0.2) is 0 Å². The van der Waals surface area contributed by atoms with Crippen LogP contribution in [0.1, 0.15) is 37.9 Å². The van der Waals surface area contributed by atoms with Crippen molar-refractivity contribution in [2.75, 3.05) is 13.1 Å². The second-order valence-corrected chi connectivity index (χ2v) is 5.95. The van der Waals surface area contributed by atoms with E-state index in [-0.39, 0.29) is 6.09 Å². The SMILES string of the molecule is CC(C)(C)OC(=O)N1CCc2nc(CCN)ncc2C1. The zero-order valence-corrected chi connectivity index (χ0v) is 12.3. The topological polar surface area (TPSA) is 81.3 Å². The van der Waals surface area contributed by atoms with Gasteiger partial charge in [-0.2, -0.15) is 0 Å². The molecule has 1 amide bonds. The Bertz CT molecular complexity index is 496. The van der Waals surface area contributed by atoms with Gasteiger partial charge in [0.1, 0.15) is 11.4 Å². The predicted molar refractivity (Wildman–Crippen MR) is 75.1 cm³/mol. The van der Waals surface area contributed by atoms with Crippen LogP contribution in [0.4, 0.5) is 4.79 Å². The molecule has 2 N–H and O–H groups in total. The molecule has 1 aliphatic rings. The summed E-state index contributed by atoms with van der Waals surface area (Å²) in [4.78, 5) is 22.5. The largest absolute Gasteiger partial charge is 0.444 e. The van der Waals surface area contributed by atoms with Gasteiger partial charge in [0.2, 0.25) is 0 Å². The summed E-state index contributed by atoms with van der Waals surface area (Å²) in [6.07, 6.45) is 2.93. The summed E-state index contributed by atoms with van der Waals surface area (Å²) < 4.78 is 5.38. The van der Waals surface area contributed by atoms with Crippen LogP contribution in [0.25, 0.3) is 0 Å². The van der Waals surface area contributed by atoms with Gasteiger partial charge in [-0.1, -0.05) is 0 Å². The van der Waals surface area contributed by atoms with Gasteiger partial charge in [-0.15, -0.1) is 0 Å². The summed E-state index contributed by atoms with van der Waals surface area (Å²) in [5.41, 5.74) is 7.04. The summed E-state index contributed by atoms with van der Waals surface area (Å²) in [5, 5.41) is 0. The van der Waals surface area contributed by atoms with Gasteiger partial charge in [-0.05, 0) is 27.3 Å². The van der Waals surface area contributed by atoms with Crippen LogP contribution in [0.2, 0.25) is 0 Å². The molecule has 1 aromatic rings. The van der Waals surface area contributed by atoms with Crippen LogP contribution in [0.15, 0.2) is 6.20 Å². The maximum absolute atomic E-state index is 12.0. The molecule has 0 spiro atoms. The lowest BCUT2D eigenvalue weighted by atomic mass is 10.1. The number of hydrogen-bond donors (Lipinski definition) is 1. The minimum atomic E-state index is -0.473. The molecule has 0 fully saturated rings. The van der Waals surface area contributed by atoms with Crippen LogP contribution >= 0.6 is 0 Å². The van der Waals surface area contributed by atoms with E-state index in [4.69, 9.17) is 10.5 Å². The maximum Gasteiger partial charge on any atom is 0.410 e. The normalized spacial score (nSPS) is 14.9. The van der Waals surface area contributed by atoms with Crippen LogP contribution in [0.5, 0.6) is 0 Å². The molecule has 1 aromatic heterocycles. The third-order valence-corrected chi connectivity index (χ3v) is 3.00. The lowest BCUT2D eigenvalue weighted by Crippen LogP contribution is -2.40. The van der Waals surface area contributed by atoms with Gasteiger partial charge in [-0.3, -0.25) is 0 Å². The predicted octanol–water partition coefficient (Wildman–Crippen LogP) is 1.27. The number of carbonyl (C=O) groups excluding carboxylic acids is 1. The van der Waals surface area contributed by atoms with E-state index in [9.17, 15) is 4.79 Å².